The van der Waals surface area contributed by atoms with E-state index < -0.39 is 5.97 Å². The maximum Gasteiger partial charge on any atom is 0.0726 e. The van der Waals surface area contributed by atoms with E-state index >= 15 is 0 Å². The van der Waals surface area contributed by atoms with Gasteiger partial charge in [-0.2, -0.15) is 0 Å². The smallest absolute Gasteiger partial charge is 0.0726 e. The molecule has 2 aliphatic heterocycles. The molecule has 2 aliphatic rings. The molecule has 132 valence electrons. The number of thioether (sulfide) groups is 1. The SMILES string of the molecule is CCCCN1CCC(CC2CCc3cccc(C(=O)[O-])c3S2)CC1. The number of hydrogen-bond donors (Lipinski definition) is 0. The molecule has 1 saturated heterocycles. The molecule has 1 aromatic rings. The molecule has 0 saturated carbocycles. The van der Waals surface area contributed by atoms with Gasteiger partial charge in [-0.05, 0) is 69.6 Å². The number of carboxylic acids is 1. The van der Waals surface area contributed by atoms with E-state index in [9.17, 15) is 9.90 Å². The number of aromatic carboxylic acids is 1. The Bertz CT molecular complexity index is 567. The molecular formula is C20H28NO2S-. The third kappa shape index (κ3) is 4.34. The highest BCUT2D eigenvalue weighted by atomic mass is 32.2. The van der Waals surface area contributed by atoms with Gasteiger partial charge in [0.05, 0.1) is 5.97 Å². The number of carbonyl (C=O) groups is 1. The molecule has 1 fully saturated rings. The van der Waals surface area contributed by atoms with Gasteiger partial charge in [0.2, 0.25) is 0 Å². The highest BCUT2D eigenvalue weighted by molar-refractivity contribution is 8.00. The Morgan fingerprint density at radius 3 is 2.79 bits per heavy atom. The third-order valence-corrected chi connectivity index (χ3v) is 6.95. The zero-order valence-corrected chi connectivity index (χ0v) is 15.4. The van der Waals surface area contributed by atoms with Crippen molar-refractivity contribution in [2.75, 3.05) is 19.6 Å². The van der Waals surface area contributed by atoms with Gasteiger partial charge >= 0.3 is 0 Å². The average Bonchev–Trinajstić information content (AvgIpc) is 2.60. The van der Waals surface area contributed by atoms with Crippen LogP contribution in [0.1, 0.15) is 61.4 Å². The van der Waals surface area contributed by atoms with Crippen LogP contribution in [0.2, 0.25) is 0 Å². The van der Waals surface area contributed by atoms with Crippen molar-refractivity contribution in [2.45, 2.75) is 62.0 Å². The van der Waals surface area contributed by atoms with E-state index in [0.29, 0.717) is 10.8 Å². The largest absolute Gasteiger partial charge is 0.545 e. The van der Waals surface area contributed by atoms with Crippen LogP contribution in [0.4, 0.5) is 0 Å². The summed E-state index contributed by atoms with van der Waals surface area (Å²) < 4.78 is 0. The first-order chi connectivity index (χ1) is 11.7. The van der Waals surface area contributed by atoms with E-state index in [2.05, 4.69) is 17.9 Å². The minimum atomic E-state index is -1.04. The number of nitrogens with zero attached hydrogens (tertiary/aromatic N) is 1. The van der Waals surface area contributed by atoms with E-state index in [1.165, 1.54) is 63.7 Å². The molecule has 1 atom stereocenters. The fourth-order valence-electron chi connectivity index (χ4n) is 3.99. The Hall–Kier alpha value is -1.00. The number of benzene rings is 1. The summed E-state index contributed by atoms with van der Waals surface area (Å²) in [5.41, 5.74) is 1.57. The molecule has 0 amide bonds. The van der Waals surface area contributed by atoms with Gasteiger partial charge in [-0.25, -0.2) is 0 Å². The first-order valence-corrected chi connectivity index (χ1v) is 10.3. The van der Waals surface area contributed by atoms with Gasteiger partial charge in [-0.3, -0.25) is 0 Å². The number of hydrogen-bond acceptors (Lipinski definition) is 4. The number of rotatable bonds is 6. The summed E-state index contributed by atoms with van der Waals surface area (Å²) in [6.45, 7) is 5.99. The quantitative estimate of drug-likeness (QED) is 0.792. The molecule has 0 spiro atoms. The summed E-state index contributed by atoms with van der Waals surface area (Å²) in [7, 11) is 0. The molecule has 3 rings (SSSR count). The zero-order valence-electron chi connectivity index (χ0n) is 14.6. The van der Waals surface area contributed by atoms with Gasteiger partial charge in [-0.15, -0.1) is 11.8 Å². The summed E-state index contributed by atoms with van der Waals surface area (Å²) in [4.78, 5) is 14.9. The number of unbranched alkanes of at least 4 members (excludes halogenated alkanes) is 1. The predicted molar refractivity (Wildman–Crippen MR) is 97.4 cm³/mol. The molecule has 24 heavy (non-hydrogen) atoms. The van der Waals surface area contributed by atoms with Crippen LogP contribution in [-0.4, -0.2) is 35.8 Å². The van der Waals surface area contributed by atoms with Crippen LogP contribution in [0.25, 0.3) is 0 Å². The van der Waals surface area contributed by atoms with E-state index in [-0.39, 0.29) is 0 Å². The Labute approximate surface area is 149 Å². The first kappa shape index (κ1) is 17.8. The topological polar surface area (TPSA) is 43.4 Å². The maximum atomic E-state index is 11.4. The zero-order chi connectivity index (χ0) is 16.9. The normalized spacial score (nSPS) is 22.3. The summed E-state index contributed by atoms with van der Waals surface area (Å²) in [5, 5.41) is 11.9. The number of piperidine rings is 1. The summed E-state index contributed by atoms with van der Waals surface area (Å²) in [5.74, 6) is -0.235. The van der Waals surface area contributed by atoms with Crippen LogP contribution >= 0.6 is 11.8 Å². The number of fused-ring (bicyclic) bond motifs is 1. The van der Waals surface area contributed by atoms with Gasteiger partial charge in [0, 0.05) is 15.7 Å². The first-order valence-electron chi connectivity index (χ1n) is 9.39. The van der Waals surface area contributed by atoms with Crippen LogP contribution in [-0.2, 0) is 6.42 Å². The van der Waals surface area contributed by atoms with Crippen LogP contribution in [0.15, 0.2) is 23.1 Å². The molecule has 0 aromatic heterocycles. The second-order valence-electron chi connectivity index (χ2n) is 7.23. The van der Waals surface area contributed by atoms with Crippen molar-refractivity contribution >= 4 is 17.7 Å². The van der Waals surface area contributed by atoms with Crippen LogP contribution in [0, 0.1) is 5.92 Å². The van der Waals surface area contributed by atoms with Gasteiger partial charge in [0.15, 0.2) is 0 Å². The highest BCUT2D eigenvalue weighted by Crippen LogP contribution is 2.41. The van der Waals surface area contributed by atoms with Gasteiger partial charge < -0.3 is 14.8 Å². The van der Waals surface area contributed by atoms with Crippen molar-refractivity contribution in [2.24, 2.45) is 5.92 Å². The fraction of sp³-hybridized carbons (Fsp3) is 0.650. The molecule has 4 heteroatoms. The van der Waals surface area contributed by atoms with Crippen molar-refractivity contribution in [3.8, 4) is 0 Å². The highest BCUT2D eigenvalue weighted by Gasteiger charge is 2.26. The standard InChI is InChI=1S/C20H29NO2S/c1-2-3-11-21-12-9-15(10-13-21)14-17-8-7-16-5-4-6-18(20(22)23)19(16)24-17/h4-6,15,17H,2-3,7-14H2,1H3,(H,22,23)/p-1. The van der Waals surface area contributed by atoms with Crippen molar-refractivity contribution in [1.29, 1.82) is 0 Å². The molecule has 0 N–H and O–H groups in total. The number of carboxylic acid groups (broad SMARTS) is 1. The summed E-state index contributed by atoms with van der Waals surface area (Å²) >= 11 is 1.79. The van der Waals surface area contributed by atoms with Crippen molar-refractivity contribution in [1.82, 2.24) is 4.90 Å². The summed E-state index contributed by atoms with van der Waals surface area (Å²) in [6, 6.07) is 5.60. The van der Waals surface area contributed by atoms with E-state index in [4.69, 9.17) is 0 Å². The molecule has 0 aliphatic carbocycles. The van der Waals surface area contributed by atoms with Gasteiger partial charge in [0.1, 0.15) is 0 Å². The minimum Gasteiger partial charge on any atom is -0.545 e. The van der Waals surface area contributed by atoms with Crippen molar-refractivity contribution < 1.29 is 9.90 Å². The third-order valence-electron chi connectivity index (χ3n) is 5.47. The molecule has 0 bridgehead atoms. The predicted octanol–water partition coefficient (Wildman–Crippen LogP) is 3.36. The number of carbonyl (C=O) groups excluding carboxylic acids is 1. The Morgan fingerprint density at radius 1 is 1.29 bits per heavy atom. The Kier molecular flexibility index (Phi) is 6.23. The summed E-state index contributed by atoms with van der Waals surface area (Å²) in [6.07, 6.45) is 8.59. The molecule has 2 heterocycles. The number of aryl methyl sites for hydroxylation is 1. The second kappa shape index (κ2) is 8.39. The monoisotopic (exact) mass is 346 g/mol. The number of likely N-dealkylation sites (tertiary alicyclic amines) is 1. The van der Waals surface area contributed by atoms with Crippen LogP contribution in [0.3, 0.4) is 0 Å². The lowest BCUT2D eigenvalue weighted by Gasteiger charge is -2.35. The minimum absolute atomic E-state index is 0.386. The molecule has 1 unspecified atom stereocenters. The van der Waals surface area contributed by atoms with Crippen LogP contribution in [0.5, 0.6) is 0 Å². The van der Waals surface area contributed by atoms with Crippen LogP contribution < -0.4 is 5.11 Å². The lowest BCUT2D eigenvalue weighted by molar-refractivity contribution is -0.255. The average molecular weight is 347 g/mol. The van der Waals surface area contributed by atoms with Gasteiger partial charge in [-0.1, -0.05) is 31.5 Å². The Balaban J connectivity index is 1.54. The molecular weight excluding hydrogens is 318 g/mol. The lowest BCUT2D eigenvalue weighted by Crippen LogP contribution is -2.35. The molecule has 3 nitrogen and oxygen atoms in total. The molecule has 1 aromatic carbocycles. The van der Waals surface area contributed by atoms with Crippen molar-refractivity contribution in [3.63, 3.8) is 0 Å². The molecule has 0 radical (unpaired) electrons. The Morgan fingerprint density at radius 2 is 2.08 bits per heavy atom. The fourth-order valence-corrected chi connectivity index (χ4v) is 5.53. The van der Waals surface area contributed by atoms with Gasteiger partial charge in [0.25, 0.3) is 0 Å². The lowest BCUT2D eigenvalue weighted by atomic mass is 9.90. The van der Waals surface area contributed by atoms with E-state index in [0.717, 1.165) is 17.2 Å². The second-order valence-corrected chi connectivity index (χ2v) is 8.54. The maximum absolute atomic E-state index is 11.4. The van der Waals surface area contributed by atoms with E-state index in [1.807, 2.05) is 6.07 Å². The van der Waals surface area contributed by atoms with E-state index in [1.54, 1.807) is 17.8 Å². The van der Waals surface area contributed by atoms with Crippen molar-refractivity contribution in [3.05, 3.63) is 29.3 Å².